The summed E-state index contributed by atoms with van der Waals surface area (Å²) >= 11 is 5.89. The van der Waals surface area contributed by atoms with E-state index in [1.54, 1.807) is 6.07 Å². The number of nitrogens with zero attached hydrogens (tertiary/aromatic N) is 4. The Morgan fingerprint density at radius 1 is 1.42 bits per heavy atom. The molecule has 0 aliphatic rings. The zero-order valence-corrected chi connectivity index (χ0v) is 14.1. The summed E-state index contributed by atoms with van der Waals surface area (Å²) in [5.74, 6) is 0.851. The van der Waals surface area contributed by atoms with E-state index in [1.807, 2.05) is 0 Å². The maximum absolute atomic E-state index is 14.5. The van der Waals surface area contributed by atoms with Crippen molar-refractivity contribution >= 4 is 23.2 Å². The van der Waals surface area contributed by atoms with E-state index in [0.717, 1.165) is 23.4 Å². The molecule has 1 aromatic carbocycles. The molecule has 0 spiro atoms. The molecule has 0 saturated heterocycles. The third-order valence-corrected chi connectivity index (χ3v) is 3.78. The Hall–Kier alpha value is -3.10. The van der Waals surface area contributed by atoms with Crippen LogP contribution in [0.2, 0.25) is 5.02 Å². The third-order valence-electron chi connectivity index (χ3n) is 3.40. The van der Waals surface area contributed by atoms with Crippen LogP contribution in [0.15, 0.2) is 18.5 Å². The second-order valence-corrected chi connectivity index (χ2v) is 5.37. The third kappa shape index (κ3) is 3.61. The van der Waals surface area contributed by atoms with E-state index >= 15 is 0 Å². The number of carbonyl (C=O) groups excluding carboxylic acids is 1. The number of hydrogen-bond acceptors (Lipinski definition) is 4. The van der Waals surface area contributed by atoms with Crippen LogP contribution in [0.3, 0.4) is 0 Å². The summed E-state index contributed by atoms with van der Waals surface area (Å²) in [6, 6.07) is 3.74. The molecular formula is C17H10ClF3N4O. The first-order chi connectivity index (χ1) is 12.3. The number of alkyl halides is 2. The van der Waals surface area contributed by atoms with Crippen LogP contribution in [-0.4, -0.2) is 22.4 Å². The van der Waals surface area contributed by atoms with Gasteiger partial charge in [0.2, 0.25) is 5.91 Å². The predicted molar refractivity (Wildman–Crippen MR) is 89.0 cm³/mol. The summed E-state index contributed by atoms with van der Waals surface area (Å²) in [7, 11) is 0. The maximum Gasteiger partial charge on any atom is 0.281 e. The van der Waals surface area contributed by atoms with E-state index in [2.05, 4.69) is 15.9 Å². The topological polar surface area (TPSA) is 69.9 Å². The molecule has 0 N–H and O–H groups in total. The first-order valence-electron chi connectivity index (χ1n) is 7.05. The molecule has 26 heavy (non-hydrogen) atoms. The average Bonchev–Trinajstić information content (AvgIpc) is 2.59. The number of benzene rings is 1. The summed E-state index contributed by atoms with van der Waals surface area (Å²) in [5, 5.41) is 8.69. The molecule has 2 aromatic rings. The lowest BCUT2D eigenvalue weighted by molar-refractivity contribution is -0.116. The molecule has 0 aliphatic heterocycles. The molecule has 0 fully saturated rings. The number of terminal acetylenes is 1. The van der Waals surface area contributed by atoms with Crippen molar-refractivity contribution in [3.63, 3.8) is 0 Å². The van der Waals surface area contributed by atoms with Gasteiger partial charge in [0.1, 0.15) is 23.9 Å². The molecule has 0 atom stereocenters. The van der Waals surface area contributed by atoms with Gasteiger partial charge in [-0.25, -0.2) is 23.1 Å². The predicted octanol–water partition coefficient (Wildman–Crippen LogP) is 3.73. The van der Waals surface area contributed by atoms with Gasteiger partial charge in [-0.1, -0.05) is 17.5 Å². The fourth-order valence-electron chi connectivity index (χ4n) is 2.24. The summed E-state index contributed by atoms with van der Waals surface area (Å²) < 4.78 is 40.4. The van der Waals surface area contributed by atoms with Crippen molar-refractivity contribution in [3.05, 3.63) is 40.6 Å². The smallest absolute Gasteiger partial charge is 0.281 e. The van der Waals surface area contributed by atoms with Crippen LogP contribution >= 0.6 is 11.6 Å². The summed E-state index contributed by atoms with van der Waals surface area (Å²) in [4.78, 5) is 20.0. The highest BCUT2D eigenvalue weighted by Crippen LogP contribution is 2.36. The lowest BCUT2D eigenvalue weighted by Crippen LogP contribution is -2.29. The van der Waals surface area contributed by atoms with Gasteiger partial charge in [0.05, 0.1) is 28.5 Å². The number of carbonyl (C=O) groups is 1. The summed E-state index contributed by atoms with van der Waals surface area (Å²) in [5.41, 5.74) is -1.45. The number of anilines is 1. The molecule has 0 bridgehead atoms. The van der Waals surface area contributed by atoms with E-state index in [0.29, 0.717) is 0 Å². The van der Waals surface area contributed by atoms with Gasteiger partial charge >= 0.3 is 0 Å². The first-order valence-corrected chi connectivity index (χ1v) is 7.43. The van der Waals surface area contributed by atoms with E-state index in [4.69, 9.17) is 18.0 Å². The van der Waals surface area contributed by atoms with Crippen molar-refractivity contribution in [3.8, 4) is 29.7 Å². The van der Waals surface area contributed by atoms with Gasteiger partial charge in [0.25, 0.3) is 6.43 Å². The van der Waals surface area contributed by atoms with E-state index < -0.39 is 28.9 Å². The van der Waals surface area contributed by atoms with Crippen molar-refractivity contribution in [2.75, 3.05) is 11.4 Å². The maximum atomic E-state index is 14.5. The fourth-order valence-corrected chi connectivity index (χ4v) is 2.52. The minimum Gasteiger partial charge on any atom is -0.300 e. The van der Waals surface area contributed by atoms with Crippen LogP contribution in [0.1, 0.15) is 24.6 Å². The molecule has 9 heteroatoms. The van der Waals surface area contributed by atoms with Gasteiger partial charge in [-0.15, -0.1) is 6.42 Å². The average molecular weight is 379 g/mol. The van der Waals surface area contributed by atoms with Crippen LogP contribution in [0, 0.1) is 29.5 Å². The van der Waals surface area contributed by atoms with Gasteiger partial charge in [-0.2, -0.15) is 5.26 Å². The molecule has 2 rings (SSSR count). The SMILES string of the molecule is C#CCN(C(C)=O)c1cc(-c2ncnc(C(F)F)c2Cl)c(F)cc1C#N. The minimum atomic E-state index is -2.99. The summed E-state index contributed by atoms with van der Waals surface area (Å²) in [6.45, 7) is 1.04. The quantitative estimate of drug-likeness (QED) is 0.760. The molecule has 1 amide bonds. The highest BCUT2D eigenvalue weighted by atomic mass is 35.5. The number of aromatic nitrogens is 2. The number of rotatable bonds is 4. The molecule has 5 nitrogen and oxygen atoms in total. The van der Waals surface area contributed by atoms with Crippen LogP contribution in [0.4, 0.5) is 18.9 Å². The van der Waals surface area contributed by atoms with Crippen molar-refractivity contribution in [1.29, 1.82) is 5.26 Å². The standard InChI is InChI=1S/C17H10ClF3N4O/c1-3-4-25(9(2)26)13-6-11(12(19)5-10(13)7-22)15-14(18)16(17(20)21)24-8-23-15/h1,5-6,8,17H,4H2,2H3. The molecule has 0 saturated carbocycles. The number of halogens is 4. The van der Waals surface area contributed by atoms with Gasteiger partial charge in [0.15, 0.2) is 0 Å². The highest BCUT2D eigenvalue weighted by Gasteiger charge is 2.23. The van der Waals surface area contributed by atoms with Crippen molar-refractivity contribution in [1.82, 2.24) is 9.97 Å². The van der Waals surface area contributed by atoms with Gasteiger partial charge in [-0.3, -0.25) is 9.69 Å². The lowest BCUT2D eigenvalue weighted by atomic mass is 10.0. The molecule has 0 radical (unpaired) electrons. The number of hydrogen-bond donors (Lipinski definition) is 0. The molecule has 132 valence electrons. The van der Waals surface area contributed by atoms with E-state index in [-0.39, 0.29) is 29.1 Å². The number of nitriles is 1. The monoisotopic (exact) mass is 378 g/mol. The Morgan fingerprint density at radius 2 is 2.12 bits per heavy atom. The van der Waals surface area contributed by atoms with Gasteiger partial charge in [0, 0.05) is 12.5 Å². The molecule has 0 unspecified atom stereocenters. The Bertz CT molecular complexity index is 950. The fraction of sp³-hybridized carbons (Fsp3) is 0.176. The lowest BCUT2D eigenvalue weighted by Gasteiger charge is -2.21. The molecular weight excluding hydrogens is 369 g/mol. The van der Waals surface area contributed by atoms with Crippen molar-refractivity contribution in [2.24, 2.45) is 0 Å². The molecule has 1 aromatic heterocycles. The van der Waals surface area contributed by atoms with Crippen LogP contribution in [0.5, 0.6) is 0 Å². The van der Waals surface area contributed by atoms with E-state index in [1.165, 1.54) is 6.92 Å². The molecule has 1 heterocycles. The minimum absolute atomic E-state index is 0.0163. The van der Waals surface area contributed by atoms with Crippen LogP contribution < -0.4 is 4.90 Å². The Morgan fingerprint density at radius 3 is 2.65 bits per heavy atom. The number of amides is 1. The van der Waals surface area contributed by atoms with Crippen molar-refractivity contribution < 1.29 is 18.0 Å². The van der Waals surface area contributed by atoms with Gasteiger partial charge in [-0.05, 0) is 12.1 Å². The second kappa shape index (κ2) is 7.85. The molecule has 0 aliphatic carbocycles. The normalized spacial score (nSPS) is 10.3. The first kappa shape index (κ1) is 19.2. The van der Waals surface area contributed by atoms with E-state index in [9.17, 15) is 23.2 Å². The van der Waals surface area contributed by atoms with Crippen LogP contribution in [0.25, 0.3) is 11.3 Å². The second-order valence-electron chi connectivity index (χ2n) is 4.99. The zero-order chi connectivity index (χ0) is 19.4. The largest absolute Gasteiger partial charge is 0.300 e. The summed E-state index contributed by atoms with van der Waals surface area (Å²) in [6.07, 6.45) is 3.06. The van der Waals surface area contributed by atoms with Crippen molar-refractivity contribution in [2.45, 2.75) is 13.3 Å². The Balaban J connectivity index is 2.75. The Kier molecular flexibility index (Phi) is 5.81. The highest BCUT2D eigenvalue weighted by molar-refractivity contribution is 6.33. The zero-order valence-electron chi connectivity index (χ0n) is 13.3. The van der Waals surface area contributed by atoms with Crippen LogP contribution in [-0.2, 0) is 4.79 Å². The van der Waals surface area contributed by atoms with Gasteiger partial charge < -0.3 is 0 Å². The Labute approximate surface area is 152 Å².